The number of nitrogens with zero attached hydrogens (tertiary/aromatic N) is 1. The molecule has 30 heavy (non-hydrogen) atoms. The summed E-state index contributed by atoms with van der Waals surface area (Å²) < 4.78 is 0. The van der Waals surface area contributed by atoms with E-state index in [1.54, 1.807) is 6.20 Å². The molecule has 156 valence electrons. The van der Waals surface area contributed by atoms with Crippen LogP contribution in [0.4, 0.5) is 0 Å². The lowest BCUT2D eigenvalue weighted by Gasteiger charge is -2.15. The number of carboxylic acids is 1. The van der Waals surface area contributed by atoms with Gasteiger partial charge >= 0.3 is 5.97 Å². The molecule has 0 bridgehead atoms. The van der Waals surface area contributed by atoms with Crippen molar-refractivity contribution in [1.29, 1.82) is 0 Å². The van der Waals surface area contributed by atoms with E-state index in [4.69, 9.17) is 23.8 Å². The molecule has 0 amide bonds. The molecule has 0 aliphatic heterocycles. The number of carboxylic acid groups (broad SMARTS) is 1. The second kappa shape index (κ2) is 10.5. The maximum atomic E-state index is 11.6. The highest BCUT2D eigenvalue weighted by Crippen LogP contribution is 2.25. The zero-order valence-electron chi connectivity index (χ0n) is 16.6. The Bertz CT molecular complexity index is 1010. The third-order valence-electron chi connectivity index (χ3n) is 4.97. The standard InChI is InChI=1S/C23H24ClN3O2S/c1-15(30)19(12-17-9-5-6-10-20(17)24)22-26-14-18(27-22)13-25-21(23(28)29)11-16-7-3-2-4-8-16/h2-10,14,19,21,25H,11-13H2,1H3,(H,26,27)(H,28,29)/t19?,21-/m0/s1. The van der Waals surface area contributed by atoms with Gasteiger partial charge in [0.1, 0.15) is 11.9 Å². The Balaban J connectivity index is 1.67. The fourth-order valence-electron chi connectivity index (χ4n) is 3.29. The van der Waals surface area contributed by atoms with E-state index in [-0.39, 0.29) is 5.92 Å². The van der Waals surface area contributed by atoms with Gasteiger partial charge in [-0.05, 0) is 37.0 Å². The molecule has 7 heteroatoms. The Morgan fingerprint density at radius 3 is 2.53 bits per heavy atom. The molecule has 2 aromatic carbocycles. The van der Waals surface area contributed by atoms with Crippen LogP contribution < -0.4 is 5.32 Å². The van der Waals surface area contributed by atoms with Gasteiger partial charge in [-0.15, -0.1) is 0 Å². The topological polar surface area (TPSA) is 78.0 Å². The van der Waals surface area contributed by atoms with Crippen molar-refractivity contribution >= 4 is 34.7 Å². The van der Waals surface area contributed by atoms with E-state index in [2.05, 4.69) is 15.3 Å². The highest BCUT2D eigenvalue weighted by Gasteiger charge is 2.21. The molecule has 0 radical (unpaired) electrons. The van der Waals surface area contributed by atoms with Gasteiger partial charge in [-0.2, -0.15) is 0 Å². The van der Waals surface area contributed by atoms with Gasteiger partial charge in [0.15, 0.2) is 0 Å². The summed E-state index contributed by atoms with van der Waals surface area (Å²) in [6.07, 6.45) is 2.79. The minimum absolute atomic E-state index is 0.0757. The van der Waals surface area contributed by atoms with Crippen molar-refractivity contribution in [3.05, 3.63) is 88.5 Å². The number of thiocarbonyl (C=S) groups is 1. The Morgan fingerprint density at radius 2 is 1.87 bits per heavy atom. The number of carbonyl (C=O) groups is 1. The highest BCUT2D eigenvalue weighted by atomic mass is 35.5. The fourth-order valence-corrected chi connectivity index (χ4v) is 3.70. The fraction of sp³-hybridized carbons (Fsp3) is 0.261. The smallest absolute Gasteiger partial charge is 0.321 e. The summed E-state index contributed by atoms with van der Waals surface area (Å²) >= 11 is 11.8. The lowest BCUT2D eigenvalue weighted by atomic mass is 9.96. The van der Waals surface area contributed by atoms with Gasteiger partial charge < -0.3 is 10.1 Å². The number of H-pyrrole nitrogens is 1. The van der Waals surface area contributed by atoms with Gasteiger partial charge in [0.05, 0.1) is 5.92 Å². The van der Waals surface area contributed by atoms with Crippen LogP contribution in [0.3, 0.4) is 0 Å². The normalized spacial score (nSPS) is 13.0. The van der Waals surface area contributed by atoms with Gasteiger partial charge in [-0.3, -0.25) is 10.1 Å². The van der Waals surface area contributed by atoms with Crippen LogP contribution in [-0.2, 0) is 24.2 Å². The summed E-state index contributed by atoms with van der Waals surface area (Å²) in [6.45, 7) is 2.27. The van der Waals surface area contributed by atoms with Crippen LogP contribution in [0.5, 0.6) is 0 Å². The molecule has 1 aromatic heterocycles. The molecule has 3 rings (SSSR count). The predicted octanol–water partition coefficient (Wildman–Crippen LogP) is 4.56. The number of aromatic amines is 1. The van der Waals surface area contributed by atoms with Crippen LogP contribution in [0.15, 0.2) is 60.8 Å². The number of rotatable bonds is 10. The summed E-state index contributed by atoms with van der Waals surface area (Å²) in [7, 11) is 0. The summed E-state index contributed by atoms with van der Waals surface area (Å²) in [5.74, 6) is -0.202. The lowest BCUT2D eigenvalue weighted by molar-refractivity contribution is -0.139. The molecule has 0 fully saturated rings. The molecule has 0 saturated carbocycles. The molecule has 0 aliphatic rings. The largest absolute Gasteiger partial charge is 0.480 e. The number of benzene rings is 2. The minimum Gasteiger partial charge on any atom is -0.480 e. The third kappa shape index (κ3) is 5.98. The first-order chi connectivity index (χ1) is 14.4. The monoisotopic (exact) mass is 441 g/mol. The van der Waals surface area contributed by atoms with Crippen LogP contribution in [-0.4, -0.2) is 32.0 Å². The maximum absolute atomic E-state index is 11.6. The number of imidazole rings is 1. The average Bonchev–Trinajstić information content (AvgIpc) is 3.19. The summed E-state index contributed by atoms with van der Waals surface area (Å²) in [4.78, 5) is 20.3. The van der Waals surface area contributed by atoms with E-state index >= 15 is 0 Å². The third-order valence-corrected chi connectivity index (χ3v) is 5.62. The molecule has 3 N–H and O–H groups in total. The van der Waals surface area contributed by atoms with Crippen molar-refractivity contribution in [3.8, 4) is 0 Å². The molecule has 0 saturated heterocycles. The van der Waals surface area contributed by atoms with Crippen molar-refractivity contribution in [3.63, 3.8) is 0 Å². The minimum atomic E-state index is -0.884. The second-order valence-corrected chi connectivity index (χ2v) is 8.27. The van der Waals surface area contributed by atoms with E-state index in [1.165, 1.54) is 0 Å². The lowest BCUT2D eigenvalue weighted by Crippen LogP contribution is -2.38. The molecule has 0 aliphatic carbocycles. The van der Waals surface area contributed by atoms with Crippen molar-refractivity contribution < 1.29 is 9.90 Å². The Hall–Kier alpha value is -2.54. The van der Waals surface area contributed by atoms with Crippen LogP contribution in [0.25, 0.3) is 0 Å². The van der Waals surface area contributed by atoms with E-state index in [0.717, 1.165) is 27.5 Å². The van der Waals surface area contributed by atoms with Crippen LogP contribution >= 0.6 is 23.8 Å². The van der Waals surface area contributed by atoms with Crippen LogP contribution in [0.1, 0.15) is 35.5 Å². The van der Waals surface area contributed by atoms with E-state index < -0.39 is 12.0 Å². The number of halogens is 1. The summed E-state index contributed by atoms with van der Waals surface area (Å²) in [6, 6.07) is 16.6. The van der Waals surface area contributed by atoms with Crippen LogP contribution in [0.2, 0.25) is 5.02 Å². The molecular weight excluding hydrogens is 418 g/mol. The number of aliphatic carboxylic acids is 1. The number of hydrogen-bond acceptors (Lipinski definition) is 4. The average molecular weight is 442 g/mol. The molecule has 0 spiro atoms. The molecule has 2 atom stereocenters. The maximum Gasteiger partial charge on any atom is 0.321 e. The number of nitrogens with one attached hydrogen (secondary N) is 2. The number of aromatic nitrogens is 2. The molecular formula is C23H24ClN3O2S. The molecule has 1 heterocycles. The van der Waals surface area contributed by atoms with E-state index in [9.17, 15) is 9.90 Å². The zero-order valence-corrected chi connectivity index (χ0v) is 18.2. The van der Waals surface area contributed by atoms with Gasteiger partial charge in [-0.25, -0.2) is 4.98 Å². The quantitative estimate of drug-likeness (QED) is 0.402. The first-order valence-electron chi connectivity index (χ1n) is 9.71. The Labute approximate surface area is 186 Å². The van der Waals surface area contributed by atoms with Crippen LogP contribution in [0, 0.1) is 0 Å². The van der Waals surface area contributed by atoms with Crippen molar-refractivity contribution in [2.45, 2.75) is 38.3 Å². The van der Waals surface area contributed by atoms with Gasteiger partial charge in [0, 0.05) is 28.3 Å². The van der Waals surface area contributed by atoms with Crippen molar-refractivity contribution in [2.24, 2.45) is 0 Å². The SMILES string of the molecule is CC(=S)C(Cc1ccccc1Cl)c1ncc(CN[C@@H](Cc2ccccc2)C(=O)O)[nH]1. The van der Waals surface area contributed by atoms with Gasteiger partial charge in [0.2, 0.25) is 0 Å². The Kier molecular flexibility index (Phi) is 7.74. The highest BCUT2D eigenvalue weighted by molar-refractivity contribution is 7.80. The van der Waals surface area contributed by atoms with E-state index in [1.807, 2.05) is 61.5 Å². The Morgan fingerprint density at radius 1 is 1.17 bits per heavy atom. The molecule has 3 aromatic rings. The first-order valence-corrected chi connectivity index (χ1v) is 10.5. The molecule has 5 nitrogen and oxygen atoms in total. The zero-order chi connectivity index (χ0) is 21.5. The van der Waals surface area contributed by atoms with Gasteiger partial charge in [-0.1, -0.05) is 72.3 Å². The number of hydrogen-bond donors (Lipinski definition) is 3. The summed E-state index contributed by atoms with van der Waals surface area (Å²) in [5.41, 5.74) is 2.79. The van der Waals surface area contributed by atoms with Crippen molar-refractivity contribution in [2.75, 3.05) is 0 Å². The van der Waals surface area contributed by atoms with Gasteiger partial charge in [0.25, 0.3) is 0 Å². The van der Waals surface area contributed by atoms with E-state index in [0.29, 0.717) is 24.4 Å². The van der Waals surface area contributed by atoms with Crippen molar-refractivity contribution in [1.82, 2.24) is 15.3 Å². The predicted molar refractivity (Wildman–Crippen MR) is 123 cm³/mol. The second-order valence-electron chi connectivity index (χ2n) is 7.21. The first kappa shape index (κ1) is 22.2. The molecule has 1 unspecified atom stereocenters. The summed E-state index contributed by atoms with van der Waals surface area (Å²) in [5, 5.41) is 13.4.